The molecule has 0 radical (unpaired) electrons. The number of hydrogen-bond acceptors (Lipinski definition) is 6. The Balaban J connectivity index is 2.36. The molecule has 8 heteroatoms. The van der Waals surface area contributed by atoms with Gasteiger partial charge in [0.2, 0.25) is 0 Å². The summed E-state index contributed by atoms with van der Waals surface area (Å²) in [6, 6.07) is 6.45. The molecule has 1 heterocycles. The van der Waals surface area contributed by atoms with Gasteiger partial charge in [-0.2, -0.15) is 0 Å². The minimum atomic E-state index is -0.447. The van der Waals surface area contributed by atoms with Crippen molar-refractivity contribution in [3.63, 3.8) is 0 Å². The van der Waals surface area contributed by atoms with E-state index in [2.05, 4.69) is 10.2 Å². The predicted octanol–water partition coefficient (Wildman–Crippen LogP) is 2.10. The molecule has 0 amide bonds. The van der Waals surface area contributed by atoms with Crippen LogP contribution in [-0.2, 0) is 14.3 Å². The van der Waals surface area contributed by atoms with Crippen LogP contribution < -0.4 is 5.32 Å². The number of benzene rings is 1. The van der Waals surface area contributed by atoms with Crippen molar-refractivity contribution in [2.45, 2.75) is 19.4 Å². The Kier molecular flexibility index (Phi) is 7.53. The van der Waals surface area contributed by atoms with Gasteiger partial charge in [-0.15, -0.1) is 0 Å². The molecular formula is C20H27N3O4S. The molecule has 1 aromatic carbocycles. The number of hydrogen-bond donors (Lipinski definition) is 1. The van der Waals surface area contributed by atoms with Gasteiger partial charge < -0.3 is 24.6 Å². The van der Waals surface area contributed by atoms with Crippen LogP contribution in [0.3, 0.4) is 0 Å². The Morgan fingerprint density at radius 2 is 1.75 bits per heavy atom. The minimum Gasteiger partial charge on any atom is -0.466 e. The minimum absolute atomic E-state index is 0.410. The first-order valence-corrected chi connectivity index (χ1v) is 9.41. The first kappa shape index (κ1) is 21.8. The fourth-order valence-electron chi connectivity index (χ4n) is 3.15. The van der Waals surface area contributed by atoms with Crippen molar-refractivity contribution in [2.24, 2.45) is 0 Å². The van der Waals surface area contributed by atoms with Gasteiger partial charge in [-0.3, -0.25) is 0 Å². The summed E-state index contributed by atoms with van der Waals surface area (Å²) in [5, 5.41) is 3.81. The Bertz CT molecular complexity index is 774. The molecule has 1 aliphatic heterocycles. The van der Waals surface area contributed by atoms with Gasteiger partial charge in [-0.25, -0.2) is 9.59 Å². The third-order valence-electron chi connectivity index (χ3n) is 4.65. The van der Waals surface area contributed by atoms with Crippen molar-refractivity contribution in [2.75, 3.05) is 41.4 Å². The van der Waals surface area contributed by atoms with E-state index in [9.17, 15) is 9.59 Å². The zero-order valence-corrected chi connectivity index (χ0v) is 17.8. The Labute approximate surface area is 171 Å². The van der Waals surface area contributed by atoms with Gasteiger partial charge in [0, 0.05) is 12.2 Å². The van der Waals surface area contributed by atoms with E-state index in [4.69, 9.17) is 21.7 Å². The summed E-state index contributed by atoms with van der Waals surface area (Å²) in [5.41, 5.74) is 2.53. The van der Waals surface area contributed by atoms with Crippen molar-refractivity contribution in [1.82, 2.24) is 15.1 Å². The Hall–Kier alpha value is -2.45. The fraction of sp³-hybridized carbons (Fsp3) is 0.450. The van der Waals surface area contributed by atoms with Gasteiger partial charge >= 0.3 is 11.9 Å². The van der Waals surface area contributed by atoms with Crippen molar-refractivity contribution in [3.05, 3.63) is 46.7 Å². The molecule has 0 aliphatic carbocycles. The molecule has 1 aliphatic rings. The summed E-state index contributed by atoms with van der Waals surface area (Å²) in [4.78, 5) is 28.2. The lowest BCUT2D eigenvalue weighted by atomic mass is 9.94. The summed E-state index contributed by atoms with van der Waals surface area (Å²) < 4.78 is 9.76. The molecule has 0 fully saturated rings. The van der Waals surface area contributed by atoms with Crippen LogP contribution in [0.1, 0.15) is 35.3 Å². The van der Waals surface area contributed by atoms with E-state index in [-0.39, 0.29) is 0 Å². The van der Waals surface area contributed by atoms with Crippen LogP contribution in [0, 0.1) is 0 Å². The van der Waals surface area contributed by atoms with Crippen molar-refractivity contribution >= 4 is 29.3 Å². The zero-order valence-electron chi connectivity index (χ0n) is 16.9. The number of carbonyl (C=O) groups is 2. The van der Waals surface area contributed by atoms with Gasteiger partial charge in [0.15, 0.2) is 5.11 Å². The number of carbonyl (C=O) groups excluding carboxylic acids is 2. The van der Waals surface area contributed by atoms with Crippen molar-refractivity contribution in [1.29, 1.82) is 0 Å². The lowest BCUT2D eigenvalue weighted by Gasteiger charge is -2.37. The van der Waals surface area contributed by atoms with E-state index in [0.29, 0.717) is 22.8 Å². The Morgan fingerprint density at radius 1 is 1.14 bits per heavy atom. The summed E-state index contributed by atoms with van der Waals surface area (Å²) in [6.45, 7) is 3.49. The second-order valence-electron chi connectivity index (χ2n) is 6.80. The molecule has 0 bridgehead atoms. The maximum absolute atomic E-state index is 12.5. The second kappa shape index (κ2) is 9.66. The van der Waals surface area contributed by atoms with E-state index in [1.807, 2.05) is 25.9 Å². The molecule has 0 aromatic heterocycles. The summed E-state index contributed by atoms with van der Waals surface area (Å²) in [5.74, 6) is -0.821. The van der Waals surface area contributed by atoms with Gasteiger partial charge in [0.1, 0.15) is 0 Å². The zero-order chi connectivity index (χ0) is 20.8. The summed E-state index contributed by atoms with van der Waals surface area (Å²) in [6.07, 6.45) is 0.902. The molecule has 2 rings (SSSR count). The van der Waals surface area contributed by atoms with Crippen LogP contribution in [-0.4, -0.2) is 68.3 Å². The lowest BCUT2D eigenvalue weighted by molar-refractivity contribution is -0.136. The molecule has 152 valence electrons. The van der Waals surface area contributed by atoms with Gasteiger partial charge in [0.05, 0.1) is 31.4 Å². The largest absolute Gasteiger partial charge is 0.466 e. The number of nitrogens with one attached hydrogen (secondary N) is 1. The molecule has 0 spiro atoms. The third kappa shape index (κ3) is 4.88. The van der Waals surface area contributed by atoms with Crippen LogP contribution in [0.5, 0.6) is 0 Å². The highest BCUT2D eigenvalue weighted by Crippen LogP contribution is 2.31. The summed E-state index contributed by atoms with van der Waals surface area (Å²) in [7, 11) is 6.74. The van der Waals surface area contributed by atoms with E-state index in [1.165, 1.54) is 14.2 Å². The van der Waals surface area contributed by atoms with Crippen molar-refractivity contribution in [3.8, 4) is 0 Å². The van der Waals surface area contributed by atoms with Crippen molar-refractivity contribution < 1.29 is 19.1 Å². The molecular weight excluding hydrogens is 378 g/mol. The highest BCUT2D eigenvalue weighted by Gasteiger charge is 2.34. The van der Waals surface area contributed by atoms with Crippen LogP contribution in [0.15, 0.2) is 35.5 Å². The quantitative estimate of drug-likeness (QED) is 0.546. The highest BCUT2D eigenvalue weighted by atomic mass is 32.1. The monoisotopic (exact) mass is 405 g/mol. The molecule has 1 aromatic rings. The SMILES string of the molecule is COC(=O)C1=C(C)N(CCCN(C)C)C(=S)N[C@@H]1c1ccc(C(=O)OC)cc1. The normalized spacial score (nSPS) is 16.9. The molecule has 1 atom stereocenters. The van der Waals surface area contributed by atoms with Crippen LogP contribution in [0.25, 0.3) is 0 Å². The number of methoxy groups -OCH3 is 2. The Morgan fingerprint density at radius 3 is 2.29 bits per heavy atom. The standard InChI is InChI=1S/C20H27N3O4S/c1-13-16(19(25)27-5)17(14-7-9-15(10-8-14)18(24)26-4)21-20(28)23(13)12-6-11-22(2)3/h7-10,17H,6,11-12H2,1-5H3,(H,21,28)/t17-/m1/s1. The first-order chi connectivity index (χ1) is 13.3. The molecule has 1 N–H and O–H groups in total. The lowest BCUT2D eigenvalue weighted by Crippen LogP contribution is -2.48. The van der Waals surface area contributed by atoms with E-state index < -0.39 is 18.0 Å². The maximum atomic E-state index is 12.5. The molecule has 28 heavy (non-hydrogen) atoms. The molecule has 0 saturated carbocycles. The van der Waals surface area contributed by atoms with E-state index in [1.54, 1.807) is 24.3 Å². The van der Waals surface area contributed by atoms with E-state index in [0.717, 1.165) is 24.2 Å². The number of rotatable bonds is 7. The third-order valence-corrected chi connectivity index (χ3v) is 4.99. The number of thiocarbonyl (C=S) groups is 1. The summed E-state index contributed by atoms with van der Waals surface area (Å²) >= 11 is 5.56. The smallest absolute Gasteiger partial charge is 0.337 e. The van der Waals surface area contributed by atoms with Crippen LogP contribution in [0.2, 0.25) is 0 Å². The first-order valence-electron chi connectivity index (χ1n) is 9.00. The number of allylic oxidation sites excluding steroid dienone is 1. The maximum Gasteiger partial charge on any atom is 0.337 e. The topological polar surface area (TPSA) is 71.1 Å². The molecule has 0 saturated heterocycles. The highest BCUT2D eigenvalue weighted by molar-refractivity contribution is 7.80. The average molecular weight is 406 g/mol. The molecule has 0 unspecified atom stereocenters. The van der Waals surface area contributed by atoms with Gasteiger partial charge in [-0.1, -0.05) is 12.1 Å². The van der Waals surface area contributed by atoms with Gasteiger partial charge in [0.25, 0.3) is 0 Å². The number of nitrogens with zero attached hydrogens (tertiary/aromatic N) is 2. The average Bonchev–Trinajstić information content (AvgIpc) is 2.68. The number of esters is 2. The van der Waals surface area contributed by atoms with E-state index >= 15 is 0 Å². The van der Waals surface area contributed by atoms with Crippen LogP contribution >= 0.6 is 12.2 Å². The second-order valence-corrected chi connectivity index (χ2v) is 7.18. The van der Waals surface area contributed by atoms with Gasteiger partial charge in [-0.05, 0) is 63.9 Å². The number of ether oxygens (including phenoxy) is 2. The molecule has 7 nitrogen and oxygen atoms in total. The fourth-order valence-corrected chi connectivity index (χ4v) is 3.50. The predicted molar refractivity (Wildman–Crippen MR) is 111 cm³/mol. The van der Waals surface area contributed by atoms with Crippen LogP contribution in [0.4, 0.5) is 0 Å².